The van der Waals surface area contributed by atoms with E-state index in [9.17, 15) is 19.7 Å². The van der Waals surface area contributed by atoms with Gasteiger partial charge >= 0.3 is 0 Å². The fraction of sp³-hybridized carbons (Fsp3) is 0.167. The average Bonchev–Trinajstić information content (AvgIpc) is 3.31. The number of fused-ring (bicyclic) bond motifs is 1. The van der Waals surface area contributed by atoms with Crippen LogP contribution in [0, 0.1) is 23.0 Å². The molecule has 0 spiro atoms. The zero-order valence-electron chi connectivity index (χ0n) is 17.1. The quantitative estimate of drug-likeness (QED) is 0.354. The SMILES string of the molecule is Cc1ccccc1N1C(=O)[C@H]2[C@@H](c3ccc([N+](=O)[O-])cc3)N(c3ccccc3)O[C@H]2C1=O. The highest BCUT2D eigenvalue weighted by molar-refractivity contribution is 6.24. The molecule has 0 unspecified atom stereocenters. The Morgan fingerprint density at radius 3 is 2.19 bits per heavy atom. The van der Waals surface area contributed by atoms with E-state index in [0.29, 0.717) is 16.9 Å². The summed E-state index contributed by atoms with van der Waals surface area (Å²) >= 11 is 0. The second-order valence-electron chi connectivity index (χ2n) is 7.80. The Morgan fingerprint density at radius 2 is 1.53 bits per heavy atom. The average molecular weight is 429 g/mol. The van der Waals surface area contributed by atoms with E-state index in [1.165, 1.54) is 17.0 Å². The molecule has 0 saturated carbocycles. The summed E-state index contributed by atoms with van der Waals surface area (Å²) < 4.78 is 0. The van der Waals surface area contributed by atoms with Gasteiger partial charge in [0.15, 0.2) is 6.10 Å². The number of aryl methyl sites for hydroxylation is 1. The topological polar surface area (TPSA) is 93.0 Å². The van der Waals surface area contributed by atoms with Crippen LogP contribution in [0.15, 0.2) is 78.9 Å². The highest BCUT2D eigenvalue weighted by Gasteiger charge is 2.60. The lowest BCUT2D eigenvalue weighted by atomic mass is 9.90. The molecule has 0 aliphatic carbocycles. The number of benzene rings is 3. The van der Waals surface area contributed by atoms with Crippen molar-refractivity contribution in [2.45, 2.75) is 19.1 Å². The maximum Gasteiger partial charge on any atom is 0.269 e. The van der Waals surface area contributed by atoms with E-state index in [4.69, 9.17) is 4.84 Å². The molecule has 3 atom stereocenters. The Labute approximate surface area is 183 Å². The number of nitro benzene ring substituents is 1. The summed E-state index contributed by atoms with van der Waals surface area (Å²) in [5, 5.41) is 12.7. The van der Waals surface area contributed by atoms with Crippen LogP contribution in [0.2, 0.25) is 0 Å². The fourth-order valence-corrected chi connectivity index (χ4v) is 4.40. The van der Waals surface area contributed by atoms with E-state index >= 15 is 0 Å². The Bertz CT molecular complexity index is 1210. The molecular weight excluding hydrogens is 410 g/mol. The number of hydroxylamine groups is 1. The minimum absolute atomic E-state index is 0.0501. The minimum atomic E-state index is -0.984. The lowest BCUT2D eigenvalue weighted by molar-refractivity contribution is -0.384. The van der Waals surface area contributed by atoms with E-state index in [0.717, 1.165) is 5.56 Å². The third-order valence-electron chi connectivity index (χ3n) is 5.93. The number of imide groups is 1. The van der Waals surface area contributed by atoms with Gasteiger partial charge in [-0.2, -0.15) is 0 Å². The van der Waals surface area contributed by atoms with E-state index in [1.807, 2.05) is 49.4 Å². The fourth-order valence-electron chi connectivity index (χ4n) is 4.40. The molecule has 0 bridgehead atoms. The molecular formula is C24H19N3O5. The van der Waals surface area contributed by atoms with Crippen LogP contribution in [-0.2, 0) is 14.4 Å². The molecule has 32 heavy (non-hydrogen) atoms. The van der Waals surface area contributed by atoms with Gasteiger partial charge in [0.1, 0.15) is 5.92 Å². The Morgan fingerprint density at radius 1 is 0.875 bits per heavy atom. The Kier molecular flexibility index (Phi) is 4.71. The predicted octanol–water partition coefficient (Wildman–Crippen LogP) is 3.95. The summed E-state index contributed by atoms with van der Waals surface area (Å²) in [6.45, 7) is 1.84. The lowest BCUT2D eigenvalue weighted by Gasteiger charge is -2.29. The van der Waals surface area contributed by atoms with Crippen molar-refractivity contribution >= 4 is 28.9 Å². The zero-order chi connectivity index (χ0) is 22.4. The van der Waals surface area contributed by atoms with E-state index in [2.05, 4.69) is 0 Å². The number of anilines is 2. The van der Waals surface area contributed by atoms with Crippen LogP contribution in [0.5, 0.6) is 0 Å². The van der Waals surface area contributed by atoms with Gasteiger partial charge in [-0.3, -0.25) is 24.5 Å². The number of amides is 2. The summed E-state index contributed by atoms with van der Waals surface area (Å²) in [5.41, 5.74) is 2.63. The molecule has 2 aliphatic heterocycles. The smallest absolute Gasteiger partial charge is 0.269 e. The predicted molar refractivity (Wildman–Crippen MR) is 117 cm³/mol. The lowest BCUT2D eigenvalue weighted by Crippen LogP contribution is -2.37. The molecule has 2 saturated heterocycles. The van der Waals surface area contributed by atoms with Crippen LogP contribution in [0.25, 0.3) is 0 Å². The van der Waals surface area contributed by atoms with Crippen LogP contribution in [0.3, 0.4) is 0 Å². The summed E-state index contributed by atoms with van der Waals surface area (Å²) in [6, 6.07) is 21.8. The van der Waals surface area contributed by atoms with Crippen molar-refractivity contribution < 1.29 is 19.3 Å². The standard InChI is InChI=1S/C24H19N3O5/c1-15-7-5-6-10-19(15)25-23(28)20-21(16-11-13-18(14-12-16)27(30)31)26(32-22(20)24(25)29)17-8-3-2-4-9-17/h2-14,20-22H,1H3/t20-,21+,22+/m0/s1. The van der Waals surface area contributed by atoms with Crippen molar-refractivity contribution in [3.63, 3.8) is 0 Å². The third kappa shape index (κ3) is 3.04. The maximum atomic E-state index is 13.6. The number of non-ortho nitro benzene ring substituents is 1. The molecule has 2 aliphatic rings. The van der Waals surface area contributed by atoms with Gasteiger partial charge in [0, 0.05) is 12.1 Å². The number of nitrogens with zero attached hydrogens (tertiary/aromatic N) is 3. The first-order valence-electron chi connectivity index (χ1n) is 10.2. The summed E-state index contributed by atoms with van der Waals surface area (Å²) in [4.78, 5) is 44.8. The molecule has 0 N–H and O–H groups in total. The minimum Gasteiger partial charge on any atom is -0.273 e. The molecule has 160 valence electrons. The molecule has 8 nitrogen and oxygen atoms in total. The number of para-hydroxylation sites is 2. The first-order valence-corrected chi connectivity index (χ1v) is 10.2. The molecule has 2 amide bonds. The van der Waals surface area contributed by atoms with Gasteiger partial charge < -0.3 is 0 Å². The zero-order valence-corrected chi connectivity index (χ0v) is 17.1. The van der Waals surface area contributed by atoms with E-state index in [1.54, 1.807) is 29.3 Å². The van der Waals surface area contributed by atoms with Crippen molar-refractivity contribution in [1.82, 2.24) is 0 Å². The van der Waals surface area contributed by atoms with Crippen LogP contribution in [-0.4, -0.2) is 22.8 Å². The first-order chi connectivity index (χ1) is 15.5. The molecule has 2 fully saturated rings. The molecule has 0 radical (unpaired) electrons. The van der Waals surface area contributed by atoms with Gasteiger partial charge in [-0.15, -0.1) is 0 Å². The monoisotopic (exact) mass is 429 g/mol. The first kappa shape index (κ1) is 19.9. The molecule has 3 aromatic carbocycles. The van der Waals surface area contributed by atoms with Gasteiger partial charge in [-0.05, 0) is 36.2 Å². The van der Waals surface area contributed by atoms with Crippen molar-refractivity contribution in [2.75, 3.05) is 9.96 Å². The molecule has 5 rings (SSSR count). The van der Waals surface area contributed by atoms with Crippen LogP contribution < -0.4 is 9.96 Å². The number of nitro groups is 1. The van der Waals surface area contributed by atoms with Gasteiger partial charge in [0.05, 0.1) is 22.3 Å². The second-order valence-corrected chi connectivity index (χ2v) is 7.80. The Balaban J connectivity index is 1.59. The molecule has 2 heterocycles. The van der Waals surface area contributed by atoms with Crippen LogP contribution in [0.1, 0.15) is 17.2 Å². The van der Waals surface area contributed by atoms with Crippen molar-refractivity contribution in [2.24, 2.45) is 5.92 Å². The number of hydrogen-bond donors (Lipinski definition) is 0. The molecule has 0 aromatic heterocycles. The Hall–Kier alpha value is -4.04. The molecule has 3 aromatic rings. The van der Waals surface area contributed by atoms with Gasteiger partial charge in [0.2, 0.25) is 5.91 Å². The van der Waals surface area contributed by atoms with E-state index in [-0.39, 0.29) is 11.6 Å². The van der Waals surface area contributed by atoms with E-state index < -0.39 is 28.9 Å². The highest BCUT2D eigenvalue weighted by Crippen LogP contribution is 2.48. The summed E-state index contributed by atoms with van der Waals surface area (Å²) in [7, 11) is 0. The number of hydrogen-bond acceptors (Lipinski definition) is 6. The van der Waals surface area contributed by atoms with Crippen molar-refractivity contribution in [3.05, 3.63) is 100 Å². The third-order valence-corrected chi connectivity index (χ3v) is 5.93. The second kappa shape index (κ2) is 7.58. The normalized spacial score (nSPS) is 22.3. The molecule has 8 heteroatoms. The number of carbonyl (C=O) groups is 2. The van der Waals surface area contributed by atoms with Gasteiger partial charge in [-0.1, -0.05) is 48.5 Å². The van der Waals surface area contributed by atoms with Crippen molar-refractivity contribution in [3.8, 4) is 0 Å². The van der Waals surface area contributed by atoms with Crippen molar-refractivity contribution in [1.29, 1.82) is 0 Å². The summed E-state index contributed by atoms with van der Waals surface area (Å²) in [5.74, 6) is -1.56. The number of rotatable bonds is 4. The number of carbonyl (C=O) groups excluding carboxylic acids is 2. The highest BCUT2D eigenvalue weighted by atomic mass is 16.7. The summed E-state index contributed by atoms with van der Waals surface area (Å²) in [6.07, 6.45) is -0.984. The maximum absolute atomic E-state index is 13.6. The van der Waals surface area contributed by atoms with Gasteiger partial charge in [-0.25, -0.2) is 9.96 Å². The largest absolute Gasteiger partial charge is 0.273 e. The van der Waals surface area contributed by atoms with Crippen LogP contribution in [0.4, 0.5) is 17.1 Å². The van der Waals surface area contributed by atoms with Crippen LogP contribution >= 0.6 is 0 Å². The van der Waals surface area contributed by atoms with Gasteiger partial charge in [0.25, 0.3) is 11.6 Å².